The molecule has 0 unspecified atom stereocenters. The van der Waals surface area contributed by atoms with Gasteiger partial charge in [0.05, 0.1) is 12.8 Å². The lowest BCUT2D eigenvalue weighted by atomic mass is 10.2. The van der Waals surface area contributed by atoms with E-state index < -0.39 is 6.36 Å². The van der Waals surface area contributed by atoms with Gasteiger partial charge in [-0.15, -0.1) is 18.3 Å². The van der Waals surface area contributed by atoms with Crippen LogP contribution < -0.4 is 14.4 Å². The van der Waals surface area contributed by atoms with E-state index in [-0.39, 0.29) is 23.2 Å². The minimum atomic E-state index is -4.75. The Balaban J connectivity index is 1.29. The summed E-state index contributed by atoms with van der Waals surface area (Å²) in [5.41, 5.74) is 1.34. The number of alkyl halides is 3. The Morgan fingerprint density at radius 1 is 1.08 bits per heavy atom. The minimum Gasteiger partial charge on any atom is -0.494 e. The Morgan fingerprint density at radius 3 is 2.49 bits per heavy atom. The number of ether oxygens (including phenoxy) is 2. The van der Waals surface area contributed by atoms with Crippen LogP contribution in [-0.2, 0) is 6.54 Å². The molecule has 37 heavy (non-hydrogen) atoms. The monoisotopic (exact) mass is 513 g/mol. The van der Waals surface area contributed by atoms with E-state index in [1.807, 2.05) is 0 Å². The van der Waals surface area contributed by atoms with Crippen molar-refractivity contribution in [1.29, 1.82) is 0 Å². The average molecular weight is 513 g/mol. The minimum absolute atomic E-state index is 0.101. The quantitative estimate of drug-likeness (QED) is 0.273. The van der Waals surface area contributed by atoms with Crippen LogP contribution in [0, 0.1) is 0 Å². The Hall–Kier alpha value is -4.61. The molecule has 0 aliphatic heterocycles. The third-order valence-corrected chi connectivity index (χ3v) is 5.07. The van der Waals surface area contributed by atoms with Crippen LogP contribution in [0.5, 0.6) is 11.5 Å². The van der Waals surface area contributed by atoms with Gasteiger partial charge in [-0.05, 0) is 48.0 Å². The molecule has 2 aromatic carbocycles. The SMILES string of the molecule is CN(C(=O)c1coc(/C=C/c2ccc(OC(F)(F)F)cc2)n1)c1ccc(OCCCn2ccnn2)cc1. The molecule has 0 aliphatic rings. The molecule has 12 heteroatoms. The van der Waals surface area contributed by atoms with E-state index in [0.717, 1.165) is 6.42 Å². The Morgan fingerprint density at radius 2 is 1.81 bits per heavy atom. The third-order valence-electron chi connectivity index (χ3n) is 5.07. The first kappa shape index (κ1) is 25.5. The first-order chi connectivity index (χ1) is 17.8. The first-order valence-corrected chi connectivity index (χ1v) is 11.1. The molecule has 2 heterocycles. The second-order valence-electron chi connectivity index (χ2n) is 7.75. The summed E-state index contributed by atoms with van der Waals surface area (Å²) in [6, 6.07) is 12.4. The zero-order valence-corrected chi connectivity index (χ0v) is 19.6. The molecule has 0 fully saturated rings. The highest BCUT2D eigenvalue weighted by molar-refractivity contribution is 6.04. The number of hydrogen-bond donors (Lipinski definition) is 0. The molecule has 0 bridgehead atoms. The predicted octanol–water partition coefficient (Wildman–Crippen LogP) is 5.08. The van der Waals surface area contributed by atoms with Crippen molar-refractivity contribution in [1.82, 2.24) is 20.0 Å². The lowest BCUT2D eigenvalue weighted by Gasteiger charge is -2.16. The smallest absolute Gasteiger partial charge is 0.494 e. The molecule has 2 aromatic heterocycles. The summed E-state index contributed by atoms with van der Waals surface area (Å²) in [6.07, 6.45) is 3.76. The van der Waals surface area contributed by atoms with Crippen LogP contribution >= 0.6 is 0 Å². The van der Waals surface area contributed by atoms with Crippen molar-refractivity contribution in [3.8, 4) is 11.5 Å². The van der Waals surface area contributed by atoms with E-state index in [9.17, 15) is 18.0 Å². The van der Waals surface area contributed by atoms with Gasteiger partial charge >= 0.3 is 6.36 Å². The fourth-order valence-corrected chi connectivity index (χ4v) is 3.23. The number of aromatic nitrogens is 4. The number of carbonyl (C=O) groups is 1. The number of hydrogen-bond acceptors (Lipinski definition) is 7. The number of anilines is 1. The highest BCUT2D eigenvalue weighted by atomic mass is 19.4. The lowest BCUT2D eigenvalue weighted by molar-refractivity contribution is -0.274. The van der Waals surface area contributed by atoms with Gasteiger partial charge in [-0.25, -0.2) is 4.98 Å². The van der Waals surface area contributed by atoms with E-state index >= 15 is 0 Å². The molecular weight excluding hydrogens is 491 g/mol. The second-order valence-corrected chi connectivity index (χ2v) is 7.75. The van der Waals surface area contributed by atoms with Gasteiger partial charge < -0.3 is 18.8 Å². The van der Waals surface area contributed by atoms with Crippen LogP contribution in [0.2, 0.25) is 0 Å². The van der Waals surface area contributed by atoms with Crippen molar-refractivity contribution in [2.75, 3.05) is 18.6 Å². The van der Waals surface area contributed by atoms with Crippen LogP contribution in [0.25, 0.3) is 12.2 Å². The zero-order valence-electron chi connectivity index (χ0n) is 19.6. The summed E-state index contributed by atoms with van der Waals surface area (Å²) >= 11 is 0. The molecule has 0 aliphatic carbocycles. The van der Waals surface area contributed by atoms with E-state index in [4.69, 9.17) is 9.15 Å². The number of benzene rings is 2. The van der Waals surface area contributed by atoms with Crippen molar-refractivity contribution in [2.45, 2.75) is 19.3 Å². The van der Waals surface area contributed by atoms with Gasteiger partial charge in [0.2, 0.25) is 5.89 Å². The number of amides is 1. The van der Waals surface area contributed by atoms with E-state index in [0.29, 0.717) is 30.2 Å². The van der Waals surface area contributed by atoms with Gasteiger partial charge in [-0.1, -0.05) is 17.3 Å². The van der Waals surface area contributed by atoms with Gasteiger partial charge in [0.15, 0.2) is 5.69 Å². The molecule has 0 spiro atoms. The Kier molecular flexibility index (Phi) is 7.86. The highest BCUT2D eigenvalue weighted by Gasteiger charge is 2.30. The number of oxazole rings is 1. The zero-order chi connectivity index (χ0) is 26.3. The highest BCUT2D eigenvalue weighted by Crippen LogP contribution is 2.24. The first-order valence-electron chi connectivity index (χ1n) is 11.1. The number of halogens is 3. The maximum atomic E-state index is 12.8. The second kappa shape index (κ2) is 11.4. The van der Waals surface area contributed by atoms with Crippen molar-refractivity contribution in [3.63, 3.8) is 0 Å². The summed E-state index contributed by atoms with van der Waals surface area (Å²) in [5, 5.41) is 7.64. The van der Waals surface area contributed by atoms with Gasteiger partial charge in [0.25, 0.3) is 5.91 Å². The molecule has 9 nitrogen and oxygen atoms in total. The predicted molar refractivity (Wildman–Crippen MR) is 128 cm³/mol. The largest absolute Gasteiger partial charge is 0.573 e. The van der Waals surface area contributed by atoms with E-state index in [1.54, 1.807) is 54.5 Å². The molecule has 192 valence electrons. The van der Waals surface area contributed by atoms with E-state index in [1.165, 1.54) is 41.5 Å². The summed E-state index contributed by atoms with van der Waals surface area (Å²) in [4.78, 5) is 18.4. The molecule has 0 saturated carbocycles. The average Bonchev–Trinajstić information content (AvgIpc) is 3.57. The lowest BCUT2D eigenvalue weighted by Crippen LogP contribution is -2.26. The fourth-order valence-electron chi connectivity index (χ4n) is 3.23. The Bertz CT molecular complexity index is 1320. The Labute approximate surface area is 209 Å². The van der Waals surface area contributed by atoms with Crippen LogP contribution in [0.3, 0.4) is 0 Å². The molecule has 0 saturated heterocycles. The molecule has 0 N–H and O–H groups in total. The van der Waals surface area contributed by atoms with Gasteiger partial charge in [0.1, 0.15) is 17.8 Å². The topological polar surface area (TPSA) is 95.5 Å². The summed E-state index contributed by atoms with van der Waals surface area (Å²) in [6.45, 7) is 1.21. The van der Waals surface area contributed by atoms with Crippen LogP contribution in [-0.4, -0.2) is 45.9 Å². The molecule has 0 radical (unpaired) electrons. The summed E-state index contributed by atoms with van der Waals surface area (Å²) in [7, 11) is 1.62. The van der Waals surface area contributed by atoms with E-state index in [2.05, 4.69) is 20.0 Å². The summed E-state index contributed by atoms with van der Waals surface area (Å²) < 4.78 is 53.4. The van der Waals surface area contributed by atoms with Crippen molar-refractivity contribution < 1.29 is 31.9 Å². The normalized spacial score (nSPS) is 11.6. The fraction of sp³-hybridized carbons (Fsp3) is 0.200. The number of aryl methyl sites for hydroxylation is 1. The van der Waals surface area contributed by atoms with Crippen molar-refractivity contribution in [3.05, 3.63) is 84.3 Å². The summed E-state index contributed by atoms with van der Waals surface area (Å²) in [5.74, 6) is 0.148. The molecule has 4 rings (SSSR count). The maximum Gasteiger partial charge on any atom is 0.573 e. The van der Waals surface area contributed by atoms with Gasteiger partial charge in [-0.3, -0.25) is 9.48 Å². The maximum absolute atomic E-state index is 12.8. The number of rotatable bonds is 10. The third kappa shape index (κ3) is 7.43. The molecular formula is C25H22F3N5O4. The number of carbonyl (C=O) groups excluding carboxylic acids is 1. The standard InChI is InChI=1S/C25H22F3N5O4/c1-32(19-6-10-20(11-7-19)35-16-2-14-33-15-13-29-31-33)24(34)22-17-36-23(30-22)12-5-18-3-8-21(9-4-18)37-25(26,27)28/h3-13,15,17H,2,14,16H2,1H3/b12-5+. The van der Waals surface area contributed by atoms with Gasteiger partial charge in [-0.2, -0.15) is 0 Å². The molecule has 0 atom stereocenters. The van der Waals surface area contributed by atoms with Crippen molar-refractivity contribution in [2.24, 2.45) is 0 Å². The van der Waals surface area contributed by atoms with Gasteiger partial charge in [0, 0.05) is 38.0 Å². The van der Waals surface area contributed by atoms with Crippen LogP contribution in [0.1, 0.15) is 28.4 Å². The molecule has 1 amide bonds. The van der Waals surface area contributed by atoms with Crippen molar-refractivity contribution >= 4 is 23.7 Å². The van der Waals surface area contributed by atoms with Crippen LogP contribution in [0.15, 0.2) is 71.6 Å². The molecule has 4 aromatic rings. The number of nitrogens with zero attached hydrogens (tertiary/aromatic N) is 5. The van der Waals surface area contributed by atoms with Crippen LogP contribution in [0.4, 0.5) is 18.9 Å².